The number of aromatic amines is 1. The number of hydrogen-bond acceptors (Lipinski definition) is 21. The molecule has 0 radical (unpaired) electrons. The molecular weight excluding hydrogens is 830 g/mol. The van der Waals surface area contributed by atoms with Crippen LogP contribution in [0.5, 0.6) is 0 Å². The highest BCUT2D eigenvalue weighted by molar-refractivity contribution is 7.47. The highest BCUT2D eigenvalue weighted by Crippen LogP contribution is 2.52. The second-order valence-corrected chi connectivity index (χ2v) is 16.6. The normalized spacial score (nSPS) is 29.3. The van der Waals surface area contributed by atoms with Crippen LogP contribution in [0.25, 0.3) is 22.3 Å². The number of nitrogens with zero attached hydrogens (tertiary/aromatic N) is 9. The van der Waals surface area contributed by atoms with Gasteiger partial charge in [-0.25, -0.2) is 43.8 Å². The number of anilines is 2. The summed E-state index contributed by atoms with van der Waals surface area (Å²) in [5.41, 5.74) is 11.8. The van der Waals surface area contributed by atoms with Crippen molar-refractivity contribution in [3.05, 3.63) is 57.9 Å². The average Bonchev–Trinajstić information content (AvgIpc) is 4.02. The van der Waals surface area contributed by atoms with Crippen molar-refractivity contribution in [3.63, 3.8) is 0 Å². The number of rotatable bonds is 14. The van der Waals surface area contributed by atoms with E-state index in [-0.39, 0.29) is 47.6 Å². The van der Waals surface area contributed by atoms with Crippen molar-refractivity contribution in [3.8, 4) is 0 Å². The molecule has 2 unspecified atom stereocenters. The summed E-state index contributed by atoms with van der Waals surface area (Å²) in [6.45, 7) is -0.525. The summed E-state index contributed by atoms with van der Waals surface area (Å²) in [6.07, 6.45) is -4.16. The first-order chi connectivity index (χ1) is 28.1. The van der Waals surface area contributed by atoms with Gasteiger partial charge in [0.2, 0.25) is 0 Å². The Hall–Kier alpha value is -4.60. The molecule has 29 heteroatoms. The standard InChI is InChI=1S/C30H38N12O15P2/c1-13-5-40(30(46)39-29(13)45)20-2-14(44)18(54-20)7-51-58(47,48)57-16-4-22(42-12-38-24-26(32)34-10-36-28(24)42)55-19(16)8-52-59(49,50)56-15-3-21(53-17(15)6-43)41-11-37-23-25(31)33-9-35-27(23)41/h5,9-12,14-22,43-44H,2-4,6-8H2,1H3,(H,47,48)(H,49,50)(H2,31,33,35)(H2,32,34,36)(H,39,45,46)/t14-,15-,16-,17+,18+,19+,20+,21+,22+/m0/s1. The third-order valence-corrected chi connectivity index (χ3v) is 12.0. The Labute approximate surface area is 330 Å². The minimum absolute atomic E-state index is 0.0483. The number of phosphoric ester groups is 2. The van der Waals surface area contributed by atoms with Crippen LogP contribution >= 0.6 is 15.6 Å². The van der Waals surface area contributed by atoms with E-state index in [0.717, 1.165) is 4.57 Å². The number of nitrogens with one attached hydrogen (secondary N) is 1. The number of aryl methyl sites for hydroxylation is 1. The quantitative estimate of drug-likeness (QED) is 0.0652. The lowest BCUT2D eigenvalue weighted by Crippen LogP contribution is -2.33. The Morgan fingerprint density at radius 1 is 0.763 bits per heavy atom. The number of aliphatic hydroxyl groups excluding tert-OH is 2. The summed E-state index contributed by atoms with van der Waals surface area (Å²) in [7, 11) is -10.0. The van der Waals surface area contributed by atoms with Crippen LogP contribution in [0.2, 0.25) is 0 Å². The van der Waals surface area contributed by atoms with Crippen LogP contribution in [0, 0.1) is 6.92 Å². The molecule has 59 heavy (non-hydrogen) atoms. The fraction of sp³-hybridized carbons (Fsp3) is 0.533. The zero-order valence-corrected chi connectivity index (χ0v) is 32.5. The zero-order valence-electron chi connectivity index (χ0n) is 30.7. The molecule has 5 aromatic rings. The Morgan fingerprint density at radius 3 is 1.81 bits per heavy atom. The van der Waals surface area contributed by atoms with Crippen molar-refractivity contribution < 1.29 is 61.4 Å². The van der Waals surface area contributed by atoms with E-state index in [1.54, 1.807) is 0 Å². The summed E-state index contributed by atoms with van der Waals surface area (Å²) >= 11 is 0. The van der Waals surface area contributed by atoms with Gasteiger partial charge in [-0.15, -0.1) is 0 Å². The maximum Gasteiger partial charge on any atom is 0.472 e. The molecule has 5 aromatic heterocycles. The lowest BCUT2D eigenvalue weighted by molar-refractivity contribution is -0.0606. The van der Waals surface area contributed by atoms with Crippen molar-refractivity contribution in [2.45, 2.75) is 81.5 Å². The molecule has 3 saturated heterocycles. The molecule has 8 heterocycles. The molecule has 0 aliphatic carbocycles. The molecule has 3 aliphatic heterocycles. The van der Waals surface area contributed by atoms with E-state index >= 15 is 0 Å². The highest BCUT2D eigenvalue weighted by atomic mass is 31.2. The summed E-state index contributed by atoms with van der Waals surface area (Å²) in [5, 5.41) is 20.7. The molecule has 3 fully saturated rings. The van der Waals surface area contributed by atoms with Crippen molar-refractivity contribution >= 4 is 49.6 Å². The predicted octanol–water partition coefficient (Wildman–Crippen LogP) is -1.09. The molecule has 0 bridgehead atoms. The van der Waals surface area contributed by atoms with Crippen LogP contribution in [0.3, 0.4) is 0 Å². The minimum atomic E-state index is -5.03. The zero-order chi connectivity index (χ0) is 41.8. The van der Waals surface area contributed by atoms with Gasteiger partial charge in [0.25, 0.3) is 5.56 Å². The van der Waals surface area contributed by atoms with Crippen LogP contribution in [-0.2, 0) is 41.4 Å². The molecule has 0 spiro atoms. The van der Waals surface area contributed by atoms with Gasteiger partial charge in [-0.2, -0.15) is 0 Å². The number of phosphoric acid groups is 2. The molecule has 3 aliphatic rings. The molecule has 8 rings (SSSR count). The first kappa shape index (κ1) is 41.1. The van der Waals surface area contributed by atoms with Crippen LogP contribution in [-0.4, -0.2) is 125 Å². The van der Waals surface area contributed by atoms with E-state index in [2.05, 4.69) is 34.9 Å². The number of hydrogen-bond donors (Lipinski definition) is 7. The highest BCUT2D eigenvalue weighted by Gasteiger charge is 2.46. The number of nitrogens with two attached hydrogens (primary N) is 2. The third kappa shape index (κ3) is 8.43. The molecule has 318 valence electrons. The molecule has 27 nitrogen and oxygen atoms in total. The topological polar surface area (TPSA) is 374 Å². The summed E-state index contributed by atoms with van der Waals surface area (Å²) < 4.78 is 70.1. The molecule has 0 saturated carbocycles. The van der Waals surface area contributed by atoms with Gasteiger partial charge in [0.05, 0.1) is 38.6 Å². The van der Waals surface area contributed by atoms with Gasteiger partial charge < -0.3 is 45.7 Å². The smallest absolute Gasteiger partial charge is 0.394 e. The number of H-pyrrole nitrogens is 1. The monoisotopic (exact) mass is 868 g/mol. The fourth-order valence-corrected chi connectivity index (χ4v) is 8.93. The average molecular weight is 869 g/mol. The summed E-state index contributed by atoms with van der Waals surface area (Å²) in [6, 6.07) is 0. The van der Waals surface area contributed by atoms with Crippen molar-refractivity contribution in [1.29, 1.82) is 0 Å². The number of imidazole rings is 2. The Morgan fingerprint density at radius 2 is 1.25 bits per heavy atom. The lowest BCUT2D eigenvalue weighted by Gasteiger charge is -2.24. The summed E-state index contributed by atoms with van der Waals surface area (Å²) in [5.74, 6) is 0.198. The van der Waals surface area contributed by atoms with Crippen LogP contribution in [0.15, 0.2) is 41.1 Å². The lowest BCUT2D eigenvalue weighted by atomic mass is 10.2. The molecule has 0 aromatic carbocycles. The van der Waals surface area contributed by atoms with Crippen LogP contribution in [0.1, 0.15) is 43.5 Å². The van der Waals surface area contributed by atoms with E-state index in [4.69, 9.17) is 43.8 Å². The first-order valence-corrected chi connectivity index (χ1v) is 20.8. The number of nitrogen functional groups attached to an aromatic ring is 2. The number of aliphatic hydroxyl groups is 2. The molecule has 11 atom stereocenters. The largest absolute Gasteiger partial charge is 0.472 e. The maximum absolute atomic E-state index is 13.4. The van der Waals surface area contributed by atoms with Crippen molar-refractivity contribution in [2.24, 2.45) is 0 Å². The Bertz CT molecular complexity index is 2570. The van der Waals surface area contributed by atoms with E-state index < -0.39 is 102 Å². The van der Waals surface area contributed by atoms with E-state index in [0.29, 0.717) is 11.2 Å². The van der Waals surface area contributed by atoms with Crippen LogP contribution in [0.4, 0.5) is 11.6 Å². The van der Waals surface area contributed by atoms with E-state index in [1.165, 1.54) is 47.6 Å². The number of fused-ring (bicyclic) bond motifs is 2. The predicted molar refractivity (Wildman–Crippen MR) is 196 cm³/mol. The van der Waals surface area contributed by atoms with Gasteiger partial charge in [-0.1, -0.05) is 0 Å². The van der Waals surface area contributed by atoms with E-state index in [9.17, 15) is 38.7 Å². The Kier molecular flexibility index (Phi) is 11.2. The number of ether oxygens (including phenoxy) is 3. The molecular formula is C30H38N12O15P2. The van der Waals surface area contributed by atoms with Gasteiger partial charge in [0.15, 0.2) is 22.9 Å². The van der Waals surface area contributed by atoms with Crippen molar-refractivity contribution in [2.75, 3.05) is 31.3 Å². The van der Waals surface area contributed by atoms with Gasteiger partial charge in [0.1, 0.15) is 72.9 Å². The van der Waals surface area contributed by atoms with Gasteiger partial charge >= 0.3 is 21.3 Å². The second kappa shape index (κ2) is 16.1. The number of aromatic nitrogens is 10. The van der Waals surface area contributed by atoms with Gasteiger partial charge in [-0.05, 0) is 6.92 Å². The van der Waals surface area contributed by atoms with Crippen LogP contribution < -0.4 is 22.7 Å². The maximum atomic E-state index is 13.4. The second-order valence-electron chi connectivity index (χ2n) is 13.8. The summed E-state index contributed by atoms with van der Waals surface area (Å²) in [4.78, 5) is 72.6. The van der Waals surface area contributed by atoms with Gasteiger partial charge in [-0.3, -0.25) is 41.6 Å². The minimum Gasteiger partial charge on any atom is -0.394 e. The van der Waals surface area contributed by atoms with E-state index in [1.807, 2.05) is 0 Å². The molecule has 0 amide bonds. The van der Waals surface area contributed by atoms with Crippen molar-refractivity contribution in [1.82, 2.24) is 48.6 Å². The molecule has 9 N–H and O–H groups in total. The SMILES string of the molecule is Cc1cn([C@H]2C[C@H](O)[C@@H](COP(=O)(O)O[C@H]3C[C@H](n4cnc5c(N)ncnc54)O[C@@H]3COP(=O)(O)O[C@H]3C[C@H](n4cnc5c(N)ncnc54)O[C@@H]3CO)O2)c(=O)[nH]c1=O. The fourth-order valence-electron chi connectivity index (χ4n) is 7.01. The third-order valence-electron chi connectivity index (χ3n) is 9.94. The van der Waals surface area contributed by atoms with Gasteiger partial charge in [0, 0.05) is 31.0 Å². The first-order valence-electron chi connectivity index (χ1n) is 17.8. The Balaban J connectivity index is 0.948.